The lowest BCUT2D eigenvalue weighted by molar-refractivity contribution is 0.414. The third-order valence-corrected chi connectivity index (χ3v) is 5.96. The summed E-state index contributed by atoms with van der Waals surface area (Å²) in [6.45, 7) is 4.35. The van der Waals surface area contributed by atoms with Crippen LogP contribution in [0, 0.1) is 18.3 Å². The summed E-state index contributed by atoms with van der Waals surface area (Å²) in [7, 11) is 1.66. The molecule has 2 N–H and O–H groups in total. The highest BCUT2D eigenvalue weighted by Gasteiger charge is 2.22. The molecule has 0 aliphatic carbocycles. The number of hydrogen-bond donors (Lipinski definition) is 2. The summed E-state index contributed by atoms with van der Waals surface area (Å²) in [6, 6.07) is 17.8. The summed E-state index contributed by atoms with van der Waals surface area (Å²) >= 11 is 0. The number of rotatable bonds is 7. The molecule has 2 aromatic carbocycles. The molecule has 1 aliphatic heterocycles. The van der Waals surface area contributed by atoms with E-state index in [2.05, 4.69) is 21.7 Å². The first-order valence-electron chi connectivity index (χ1n) is 11.3. The number of nitrogens with zero attached hydrogens (tertiary/aromatic N) is 4. The number of hydrogen-bond acceptors (Lipinski definition) is 7. The van der Waals surface area contributed by atoms with Gasteiger partial charge in [-0.25, -0.2) is 9.67 Å². The Hall–Kier alpha value is -4.09. The first-order valence-corrected chi connectivity index (χ1v) is 11.3. The predicted molar refractivity (Wildman–Crippen MR) is 130 cm³/mol. The normalized spacial score (nSPS) is 15.3. The highest BCUT2D eigenvalue weighted by Crippen LogP contribution is 2.36. The van der Waals surface area contributed by atoms with E-state index in [4.69, 9.17) is 14.6 Å². The number of pyridine rings is 1. The molecule has 8 heteroatoms. The average Bonchev–Trinajstić information content (AvgIpc) is 3.49. The van der Waals surface area contributed by atoms with Crippen LogP contribution >= 0.6 is 0 Å². The van der Waals surface area contributed by atoms with Gasteiger partial charge in [0.2, 0.25) is 0 Å². The minimum absolute atomic E-state index is 0.273. The fourth-order valence-corrected chi connectivity index (χ4v) is 4.18. The van der Waals surface area contributed by atoms with E-state index in [-0.39, 0.29) is 6.04 Å². The van der Waals surface area contributed by atoms with Gasteiger partial charge in [0.05, 0.1) is 19.2 Å². The number of benzene rings is 2. The molecule has 5 rings (SSSR count). The number of nitriles is 1. The molecule has 172 valence electrons. The molecule has 0 unspecified atom stereocenters. The van der Waals surface area contributed by atoms with Crippen molar-refractivity contribution in [3.8, 4) is 23.3 Å². The maximum Gasteiger partial charge on any atom is 0.164 e. The molecule has 3 heterocycles. The van der Waals surface area contributed by atoms with Crippen molar-refractivity contribution >= 4 is 16.9 Å². The first kappa shape index (κ1) is 21.7. The van der Waals surface area contributed by atoms with Crippen LogP contribution in [0.2, 0.25) is 0 Å². The van der Waals surface area contributed by atoms with E-state index in [1.54, 1.807) is 13.3 Å². The number of methoxy groups -OCH3 is 1. The lowest BCUT2D eigenvalue weighted by Crippen LogP contribution is -2.22. The molecule has 34 heavy (non-hydrogen) atoms. The topological polar surface area (TPSA) is 97.0 Å². The molecule has 0 amide bonds. The second-order valence-electron chi connectivity index (χ2n) is 8.41. The summed E-state index contributed by atoms with van der Waals surface area (Å²) < 4.78 is 13.4. The zero-order chi connectivity index (χ0) is 23.5. The Morgan fingerprint density at radius 1 is 1.18 bits per heavy atom. The van der Waals surface area contributed by atoms with Gasteiger partial charge in [-0.3, -0.25) is 0 Å². The maximum absolute atomic E-state index is 9.60. The molecule has 1 atom stereocenters. The Labute approximate surface area is 198 Å². The molecule has 4 aromatic rings. The van der Waals surface area contributed by atoms with Crippen molar-refractivity contribution < 1.29 is 9.47 Å². The van der Waals surface area contributed by atoms with Crippen LogP contribution in [0.4, 0.5) is 5.82 Å². The van der Waals surface area contributed by atoms with E-state index in [0.29, 0.717) is 29.3 Å². The number of aryl methyl sites for hydroxylation is 1. The van der Waals surface area contributed by atoms with E-state index in [0.717, 1.165) is 47.6 Å². The smallest absolute Gasteiger partial charge is 0.164 e. The van der Waals surface area contributed by atoms with Crippen LogP contribution in [0.5, 0.6) is 17.2 Å². The highest BCUT2D eigenvalue weighted by molar-refractivity contribution is 5.93. The van der Waals surface area contributed by atoms with E-state index in [9.17, 15) is 5.26 Å². The van der Waals surface area contributed by atoms with Gasteiger partial charge in [-0.15, -0.1) is 0 Å². The predicted octanol–water partition coefficient (Wildman–Crippen LogP) is 4.23. The Balaban J connectivity index is 1.56. The Bertz CT molecular complexity index is 1350. The third-order valence-electron chi connectivity index (χ3n) is 5.96. The number of aromatic nitrogens is 3. The van der Waals surface area contributed by atoms with Gasteiger partial charge in [-0.1, -0.05) is 18.2 Å². The van der Waals surface area contributed by atoms with Gasteiger partial charge in [0, 0.05) is 24.8 Å². The summed E-state index contributed by atoms with van der Waals surface area (Å²) in [5, 5.41) is 22.2. The van der Waals surface area contributed by atoms with Gasteiger partial charge >= 0.3 is 0 Å². The van der Waals surface area contributed by atoms with Crippen molar-refractivity contribution in [1.82, 2.24) is 20.1 Å². The zero-order valence-corrected chi connectivity index (χ0v) is 19.2. The molecule has 0 radical (unpaired) electrons. The largest absolute Gasteiger partial charge is 0.497 e. The number of ether oxygens (including phenoxy) is 2. The van der Waals surface area contributed by atoms with Crippen molar-refractivity contribution in [3.05, 3.63) is 71.4 Å². The SMILES string of the molecule is COc1ccc(Cn2nc(N[C@@H]3CCNC3)c3c(Oc4ccc(C)cc4C#N)ccnc32)cc1. The highest BCUT2D eigenvalue weighted by atomic mass is 16.5. The van der Waals surface area contributed by atoms with E-state index in [1.807, 2.05) is 60.1 Å². The molecule has 1 saturated heterocycles. The fourth-order valence-electron chi connectivity index (χ4n) is 4.18. The molecule has 0 saturated carbocycles. The summed E-state index contributed by atoms with van der Waals surface area (Å²) in [5.41, 5.74) is 3.29. The van der Waals surface area contributed by atoms with Crippen molar-refractivity contribution in [1.29, 1.82) is 5.26 Å². The van der Waals surface area contributed by atoms with Crippen molar-refractivity contribution in [2.24, 2.45) is 0 Å². The quantitative estimate of drug-likeness (QED) is 0.431. The van der Waals surface area contributed by atoms with Gasteiger partial charge in [0.15, 0.2) is 11.5 Å². The summed E-state index contributed by atoms with van der Waals surface area (Å²) in [4.78, 5) is 4.64. The molecule has 0 bridgehead atoms. The van der Waals surface area contributed by atoms with Crippen LogP contribution in [0.1, 0.15) is 23.1 Å². The molecule has 1 fully saturated rings. The standard InChI is InChI=1S/C26H26N6O2/c1-17-3-8-22(19(13-17)14-27)34-23-10-12-29-26-24(23)25(30-20-9-11-28-15-20)31-32(26)16-18-4-6-21(33-2)7-5-18/h3-8,10,12-13,20,28H,9,11,15-16H2,1-2H3,(H,30,31)/t20-/m1/s1. The minimum atomic E-state index is 0.273. The van der Waals surface area contributed by atoms with E-state index in [1.165, 1.54) is 0 Å². The molecular weight excluding hydrogens is 428 g/mol. The number of anilines is 1. The van der Waals surface area contributed by atoms with Crippen LogP contribution in [0.25, 0.3) is 11.0 Å². The van der Waals surface area contributed by atoms with Gasteiger partial charge < -0.3 is 20.1 Å². The monoisotopic (exact) mass is 454 g/mol. The van der Waals surface area contributed by atoms with Crippen LogP contribution in [-0.4, -0.2) is 41.0 Å². The first-order chi connectivity index (χ1) is 16.6. The molecule has 0 spiro atoms. The van der Waals surface area contributed by atoms with Gasteiger partial charge in [-0.05, 0) is 55.3 Å². The lowest BCUT2D eigenvalue weighted by Gasteiger charge is -2.12. The van der Waals surface area contributed by atoms with Gasteiger partial charge in [0.1, 0.15) is 28.7 Å². The molecule has 2 aromatic heterocycles. The average molecular weight is 455 g/mol. The Morgan fingerprint density at radius 2 is 2.03 bits per heavy atom. The Kier molecular flexibility index (Phi) is 6.02. The van der Waals surface area contributed by atoms with Crippen molar-refractivity contribution in [3.63, 3.8) is 0 Å². The van der Waals surface area contributed by atoms with Crippen LogP contribution < -0.4 is 20.1 Å². The van der Waals surface area contributed by atoms with Gasteiger partial charge in [-0.2, -0.15) is 10.4 Å². The summed E-state index contributed by atoms with van der Waals surface area (Å²) in [6.07, 6.45) is 2.73. The molecule has 1 aliphatic rings. The second kappa shape index (κ2) is 9.41. The van der Waals surface area contributed by atoms with Crippen LogP contribution in [0.3, 0.4) is 0 Å². The van der Waals surface area contributed by atoms with E-state index >= 15 is 0 Å². The Morgan fingerprint density at radius 3 is 2.76 bits per heavy atom. The lowest BCUT2D eigenvalue weighted by atomic mass is 10.1. The maximum atomic E-state index is 9.60. The number of fused-ring (bicyclic) bond motifs is 1. The van der Waals surface area contributed by atoms with Crippen LogP contribution in [-0.2, 0) is 6.54 Å². The van der Waals surface area contributed by atoms with Crippen molar-refractivity contribution in [2.75, 3.05) is 25.5 Å². The van der Waals surface area contributed by atoms with Gasteiger partial charge in [0.25, 0.3) is 0 Å². The van der Waals surface area contributed by atoms with E-state index < -0.39 is 0 Å². The molecular formula is C26H26N6O2. The minimum Gasteiger partial charge on any atom is -0.497 e. The van der Waals surface area contributed by atoms with Crippen molar-refractivity contribution in [2.45, 2.75) is 25.9 Å². The molecule has 8 nitrogen and oxygen atoms in total. The fraction of sp³-hybridized carbons (Fsp3) is 0.269. The zero-order valence-electron chi connectivity index (χ0n) is 19.2. The van der Waals surface area contributed by atoms with Crippen LogP contribution in [0.15, 0.2) is 54.7 Å². The third kappa shape index (κ3) is 4.38. The second-order valence-corrected chi connectivity index (χ2v) is 8.41. The number of nitrogens with one attached hydrogen (secondary N) is 2. The summed E-state index contributed by atoms with van der Waals surface area (Å²) in [5.74, 6) is 2.66.